The molecule has 4 nitrogen and oxygen atoms in total. The molecule has 0 aromatic carbocycles. The van der Waals surface area contributed by atoms with Gasteiger partial charge in [-0.15, -0.1) is 5.10 Å². The van der Waals surface area contributed by atoms with Gasteiger partial charge in [0.1, 0.15) is 0 Å². The molecule has 1 saturated heterocycles. The molecule has 1 aliphatic carbocycles. The van der Waals surface area contributed by atoms with Crippen LogP contribution in [0.3, 0.4) is 0 Å². The number of rotatable bonds is 2. The van der Waals surface area contributed by atoms with E-state index in [1.807, 2.05) is 0 Å². The maximum absolute atomic E-state index is 5.27. The molecule has 1 aliphatic heterocycles. The number of nitrogens with zero attached hydrogens (tertiary/aromatic N) is 3. The lowest BCUT2D eigenvalue weighted by atomic mass is 9.85. The first-order valence-electron chi connectivity index (χ1n) is 6.73. The number of hydrogen-bond donors (Lipinski definition) is 1. The summed E-state index contributed by atoms with van der Waals surface area (Å²) in [7, 11) is 0. The fraction of sp³-hybridized carbons (Fsp3) is 0.833. The van der Waals surface area contributed by atoms with E-state index in [1.165, 1.54) is 32.1 Å². The van der Waals surface area contributed by atoms with Crippen molar-refractivity contribution in [1.29, 1.82) is 0 Å². The van der Waals surface area contributed by atoms with Gasteiger partial charge in [-0.1, -0.05) is 12.8 Å². The minimum absolute atomic E-state index is 0.708. The molecule has 5 heteroatoms. The summed E-state index contributed by atoms with van der Waals surface area (Å²) < 4.78 is 2.87. The van der Waals surface area contributed by atoms with Crippen LogP contribution in [-0.4, -0.2) is 27.4 Å². The lowest BCUT2D eigenvalue weighted by Crippen LogP contribution is -2.36. The van der Waals surface area contributed by atoms with Crippen LogP contribution in [0, 0.1) is 10.7 Å². The van der Waals surface area contributed by atoms with Crippen molar-refractivity contribution >= 4 is 18.2 Å². The molecule has 1 aromatic heterocycles. The second-order valence-electron chi connectivity index (χ2n) is 5.17. The van der Waals surface area contributed by atoms with Gasteiger partial charge in [-0.2, -0.15) is 0 Å². The predicted octanol–water partition coefficient (Wildman–Crippen LogP) is 2.73. The summed E-state index contributed by atoms with van der Waals surface area (Å²) in [5.41, 5.74) is 0. The van der Waals surface area contributed by atoms with Crippen molar-refractivity contribution in [2.75, 3.05) is 11.4 Å². The van der Waals surface area contributed by atoms with Crippen molar-refractivity contribution in [3.8, 4) is 0 Å². The van der Waals surface area contributed by atoms with Gasteiger partial charge in [0, 0.05) is 19.1 Å². The van der Waals surface area contributed by atoms with Crippen LogP contribution in [0.1, 0.15) is 39.0 Å². The molecule has 2 unspecified atom stereocenters. The van der Waals surface area contributed by atoms with E-state index < -0.39 is 0 Å². The van der Waals surface area contributed by atoms with Crippen LogP contribution in [-0.2, 0) is 6.54 Å². The van der Waals surface area contributed by atoms with Gasteiger partial charge in [0.2, 0.25) is 5.95 Å². The largest absolute Gasteiger partial charge is 0.338 e. The van der Waals surface area contributed by atoms with Crippen LogP contribution >= 0.6 is 12.2 Å². The number of hydrogen-bond acceptors (Lipinski definition) is 3. The van der Waals surface area contributed by atoms with E-state index in [0.29, 0.717) is 6.04 Å². The van der Waals surface area contributed by atoms with Crippen molar-refractivity contribution in [2.24, 2.45) is 5.92 Å². The van der Waals surface area contributed by atoms with Gasteiger partial charge in [-0.05, 0) is 44.3 Å². The molecule has 1 N–H and O–H groups in total. The van der Waals surface area contributed by atoms with Crippen molar-refractivity contribution in [2.45, 2.75) is 51.6 Å². The van der Waals surface area contributed by atoms with Crippen molar-refractivity contribution in [3.05, 3.63) is 4.77 Å². The first-order chi connectivity index (χ1) is 8.31. The first-order valence-corrected chi connectivity index (χ1v) is 7.14. The van der Waals surface area contributed by atoms with Crippen molar-refractivity contribution in [1.82, 2.24) is 14.8 Å². The van der Waals surface area contributed by atoms with E-state index in [-0.39, 0.29) is 0 Å². The van der Waals surface area contributed by atoms with E-state index in [0.717, 1.165) is 29.7 Å². The maximum atomic E-state index is 5.27. The summed E-state index contributed by atoms with van der Waals surface area (Å²) in [5.74, 6) is 1.95. The van der Waals surface area contributed by atoms with Gasteiger partial charge in [0.15, 0.2) is 4.77 Å². The number of anilines is 1. The monoisotopic (exact) mass is 252 g/mol. The van der Waals surface area contributed by atoms with Crippen molar-refractivity contribution in [3.63, 3.8) is 0 Å². The summed E-state index contributed by atoms with van der Waals surface area (Å²) in [5, 5.41) is 7.37. The van der Waals surface area contributed by atoms with Crippen LogP contribution < -0.4 is 4.90 Å². The Morgan fingerprint density at radius 2 is 2.18 bits per heavy atom. The molecule has 3 rings (SSSR count). The Morgan fingerprint density at radius 1 is 1.35 bits per heavy atom. The number of H-pyrrole nitrogens is 1. The molecule has 17 heavy (non-hydrogen) atoms. The number of nitrogens with one attached hydrogen (secondary N) is 1. The zero-order valence-corrected chi connectivity index (χ0v) is 11.2. The Balaban J connectivity index is 1.91. The molecule has 2 aliphatic rings. The van der Waals surface area contributed by atoms with Crippen LogP contribution in [0.5, 0.6) is 0 Å². The van der Waals surface area contributed by atoms with Gasteiger partial charge in [-0.25, -0.2) is 5.10 Å². The highest BCUT2D eigenvalue weighted by Crippen LogP contribution is 2.38. The molecule has 94 valence electrons. The van der Waals surface area contributed by atoms with Crippen LogP contribution in [0.15, 0.2) is 0 Å². The Hall–Kier alpha value is -0.840. The molecular weight excluding hydrogens is 232 g/mol. The van der Waals surface area contributed by atoms with Crippen LogP contribution in [0.2, 0.25) is 0 Å². The number of aromatic amines is 1. The summed E-state index contributed by atoms with van der Waals surface area (Å²) in [4.78, 5) is 2.49. The average molecular weight is 252 g/mol. The fourth-order valence-electron chi connectivity index (χ4n) is 3.47. The Labute approximate surface area is 107 Å². The van der Waals surface area contributed by atoms with E-state index in [1.54, 1.807) is 0 Å². The van der Waals surface area contributed by atoms with Gasteiger partial charge in [-0.3, -0.25) is 4.57 Å². The van der Waals surface area contributed by atoms with Crippen LogP contribution in [0.25, 0.3) is 0 Å². The van der Waals surface area contributed by atoms with Crippen LogP contribution in [0.4, 0.5) is 5.95 Å². The fourth-order valence-corrected chi connectivity index (χ4v) is 3.72. The normalized spacial score (nSPS) is 28.4. The standard InChI is InChI=1S/C12H20N4S/c1-2-15-11(13-14-12(15)17)16-8-7-9-5-3-4-6-10(9)16/h9-10H,2-8H2,1H3,(H,14,17). The summed E-state index contributed by atoms with van der Waals surface area (Å²) in [6.45, 7) is 4.18. The second kappa shape index (κ2) is 4.44. The highest BCUT2D eigenvalue weighted by atomic mass is 32.1. The Morgan fingerprint density at radius 3 is 3.00 bits per heavy atom. The SMILES string of the molecule is CCn1c(N2CCC3CCCCC32)n[nH]c1=S. The molecule has 2 heterocycles. The quantitative estimate of drug-likeness (QED) is 0.822. The minimum Gasteiger partial charge on any atom is -0.338 e. The molecule has 0 spiro atoms. The van der Waals surface area contributed by atoms with Gasteiger partial charge < -0.3 is 4.90 Å². The zero-order valence-electron chi connectivity index (χ0n) is 10.4. The van der Waals surface area contributed by atoms with E-state index >= 15 is 0 Å². The number of fused-ring (bicyclic) bond motifs is 1. The minimum atomic E-state index is 0.708. The number of aromatic nitrogens is 3. The molecule has 0 bridgehead atoms. The topological polar surface area (TPSA) is 36.9 Å². The summed E-state index contributed by atoms with van der Waals surface area (Å²) >= 11 is 5.27. The second-order valence-corrected chi connectivity index (χ2v) is 5.55. The first kappa shape index (κ1) is 11.3. The average Bonchev–Trinajstić information content (AvgIpc) is 2.92. The third-order valence-corrected chi connectivity index (χ3v) is 4.63. The van der Waals surface area contributed by atoms with E-state index in [9.17, 15) is 0 Å². The zero-order chi connectivity index (χ0) is 11.8. The smallest absolute Gasteiger partial charge is 0.225 e. The maximum Gasteiger partial charge on any atom is 0.225 e. The van der Waals surface area contributed by atoms with Crippen molar-refractivity contribution < 1.29 is 0 Å². The molecule has 2 atom stereocenters. The highest BCUT2D eigenvalue weighted by molar-refractivity contribution is 7.71. The van der Waals surface area contributed by atoms with E-state index in [4.69, 9.17) is 12.2 Å². The Bertz CT molecular complexity index is 450. The molecule has 2 fully saturated rings. The molecular formula is C12H20N4S. The molecule has 0 radical (unpaired) electrons. The van der Waals surface area contributed by atoms with Gasteiger partial charge in [0.25, 0.3) is 0 Å². The van der Waals surface area contributed by atoms with Gasteiger partial charge in [0.05, 0.1) is 0 Å². The third kappa shape index (κ3) is 1.80. The highest BCUT2D eigenvalue weighted by Gasteiger charge is 2.37. The third-order valence-electron chi connectivity index (χ3n) is 4.32. The summed E-state index contributed by atoms with van der Waals surface area (Å²) in [6, 6.07) is 0.708. The lowest BCUT2D eigenvalue weighted by molar-refractivity contribution is 0.340. The molecule has 1 aromatic rings. The van der Waals surface area contributed by atoms with E-state index in [2.05, 4.69) is 26.6 Å². The summed E-state index contributed by atoms with van der Waals surface area (Å²) in [6.07, 6.45) is 6.84. The Kier molecular flexibility index (Phi) is 2.94. The van der Waals surface area contributed by atoms with Gasteiger partial charge >= 0.3 is 0 Å². The molecule has 1 saturated carbocycles. The predicted molar refractivity (Wildman–Crippen MR) is 70.8 cm³/mol. The molecule has 0 amide bonds. The lowest BCUT2D eigenvalue weighted by Gasteiger charge is -2.32.